The molecule has 2 N–H and O–H groups in total. The van der Waals surface area contributed by atoms with Gasteiger partial charge in [0.15, 0.2) is 4.80 Å². The van der Waals surface area contributed by atoms with Crippen LogP contribution in [-0.4, -0.2) is 23.7 Å². The van der Waals surface area contributed by atoms with Crippen molar-refractivity contribution in [2.75, 3.05) is 18.9 Å². The van der Waals surface area contributed by atoms with Crippen molar-refractivity contribution in [1.29, 1.82) is 0 Å². The Balaban J connectivity index is 1.79. The van der Waals surface area contributed by atoms with Crippen molar-refractivity contribution in [3.63, 3.8) is 0 Å². The smallest absolute Gasteiger partial charge is 0.398 e. The van der Waals surface area contributed by atoms with Crippen LogP contribution in [-0.2, 0) is 25.8 Å². The fraction of sp³-hybridized carbons (Fsp3) is 0.312. The normalized spacial score (nSPS) is 15.4. The number of thiazole rings is 1. The number of benzene rings is 2. The molecule has 1 heterocycles. The first-order valence-electron chi connectivity index (χ1n) is 14.0. The fourth-order valence-electron chi connectivity index (χ4n) is 4.48. The van der Waals surface area contributed by atoms with Crippen LogP contribution >= 0.6 is 34.9 Å². The number of amides is 1. The number of nitrogen functional groups attached to an aromatic ring is 1. The number of allylic oxidation sites excluding steroid dienone is 6. The van der Waals surface area contributed by atoms with Crippen molar-refractivity contribution < 1.29 is 27.2 Å². The monoisotopic (exact) mass is 705 g/mol. The lowest BCUT2D eigenvalue weighted by Gasteiger charge is -2.26. The maximum atomic E-state index is 15.5. The summed E-state index contributed by atoms with van der Waals surface area (Å²) >= 11 is 4.56. The van der Waals surface area contributed by atoms with E-state index in [-0.39, 0.29) is 29.6 Å². The van der Waals surface area contributed by atoms with Crippen molar-refractivity contribution in [3.05, 3.63) is 109 Å². The van der Waals surface area contributed by atoms with Crippen LogP contribution in [0.3, 0.4) is 0 Å². The zero-order valence-corrected chi connectivity index (χ0v) is 28.4. The van der Waals surface area contributed by atoms with Gasteiger partial charge in [0.25, 0.3) is 5.91 Å². The molecular formula is C32H35BrF2N3O4PS. The number of anilines is 1. The lowest BCUT2D eigenvalue weighted by molar-refractivity contribution is 0.0354. The first kappa shape index (κ1) is 33.9. The van der Waals surface area contributed by atoms with Crippen LogP contribution in [0.15, 0.2) is 81.6 Å². The molecule has 1 amide bonds. The predicted molar refractivity (Wildman–Crippen MR) is 176 cm³/mol. The van der Waals surface area contributed by atoms with E-state index in [9.17, 15) is 9.36 Å². The third kappa shape index (κ3) is 7.29. The van der Waals surface area contributed by atoms with Crippen LogP contribution in [0.5, 0.6) is 0 Å². The second-order valence-electron chi connectivity index (χ2n) is 10.8. The third-order valence-corrected chi connectivity index (χ3v) is 10.6. The molecule has 1 aliphatic carbocycles. The Bertz CT molecular complexity index is 1760. The molecule has 0 saturated heterocycles. The number of hydrogen-bond acceptors (Lipinski definition) is 6. The highest BCUT2D eigenvalue weighted by atomic mass is 79.9. The molecular weight excluding hydrogens is 671 g/mol. The van der Waals surface area contributed by atoms with Crippen LogP contribution in [0.25, 0.3) is 5.57 Å². The Morgan fingerprint density at radius 3 is 2.48 bits per heavy atom. The summed E-state index contributed by atoms with van der Waals surface area (Å²) in [7, 11) is -4.79. The Hall–Kier alpha value is -2.95. The molecule has 0 spiro atoms. The summed E-state index contributed by atoms with van der Waals surface area (Å²) in [6.45, 7) is 8.81. The van der Waals surface area contributed by atoms with Gasteiger partial charge in [-0.1, -0.05) is 78.4 Å². The minimum Gasteiger partial charge on any atom is -0.398 e. The molecule has 12 heteroatoms. The van der Waals surface area contributed by atoms with Crippen molar-refractivity contribution in [2.24, 2.45) is 10.4 Å². The number of alkyl halides is 2. The van der Waals surface area contributed by atoms with Gasteiger partial charge in [-0.15, -0.1) is 11.3 Å². The second-order valence-corrected chi connectivity index (χ2v) is 14.6. The number of halogens is 3. The van der Waals surface area contributed by atoms with Gasteiger partial charge >= 0.3 is 13.3 Å². The van der Waals surface area contributed by atoms with E-state index in [1.54, 1.807) is 18.2 Å². The molecule has 0 saturated carbocycles. The maximum Gasteiger partial charge on any atom is 0.404 e. The highest BCUT2D eigenvalue weighted by molar-refractivity contribution is 9.10. The van der Waals surface area contributed by atoms with E-state index in [4.69, 9.17) is 14.8 Å². The van der Waals surface area contributed by atoms with E-state index in [2.05, 4.69) is 46.9 Å². The molecule has 234 valence electrons. The zero-order chi connectivity index (χ0) is 32.3. The van der Waals surface area contributed by atoms with Gasteiger partial charge in [0.2, 0.25) is 0 Å². The summed E-state index contributed by atoms with van der Waals surface area (Å²) in [5.74, 6) is -0.455. The Morgan fingerprint density at radius 1 is 1.14 bits per heavy atom. The first-order chi connectivity index (χ1) is 20.7. The highest BCUT2D eigenvalue weighted by Crippen LogP contribution is 2.67. The molecule has 0 fully saturated rings. The van der Waals surface area contributed by atoms with Gasteiger partial charge in [-0.3, -0.25) is 9.36 Å². The molecule has 44 heavy (non-hydrogen) atoms. The lowest BCUT2D eigenvalue weighted by Crippen LogP contribution is -2.21. The van der Waals surface area contributed by atoms with Gasteiger partial charge < -0.3 is 19.3 Å². The van der Waals surface area contributed by atoms with Gasteiger partial charge in [0.05, 0.1) is 25.5 Å². The standard InChI is InChI=1S/C32H35BrF2N3O4PS/c1-6-41-43(40,42-7-2)32(34,35)25-13-11-22(17-26(25)33)19-38-28(23-9-8-15-31(4,5)16-14-23)20-44-30(38)37-29(39)24-12-10-21(3)27(36)18-24/h8-18,20H,6-7,19,36H2,1-5H3. The average Bonchev–Trinajstić information content (AvgIpc) is 3.23. The van der Waals surface area contributed by atoms with Crippen molar-refractivity contribution in [1.82, 2.24) is 4.57 Å². The highest BCUT2D eigenvalue weighted by Gasteiger charge is 2.55. The molecule has 0 radical (unpaired) electrons. The Labute approximate surface area is 268 Å². The number of nitrogens with two attached hydrogens (primary N) is 1. The largest absolute Gasteiger partial charge is 0.404 e. The Morgan fingerprint density at radius 2 is 1.84 bits per heavy atom. The number of carbonyl (C=O) groups is 1. The molecule has 3 aromatic rings. The van der Waals surface area contributed by atoms with E-state index in [0.717, 1.165) is 16.8 Å². The summed E-state index contributed by atoms with van der Waals surface area (Å²) in [5, 5.41) is 1.91. The summed E-state index contributed by atoms with van der Waals surface area (Å²) in [5.41, 5.74) is 5.52. The van der Waals surface area contributed by atoms with Crippen LogP contribution in [0.4, 0.5) is 14.5 Å². The first-order valence-corrected chi connectivity index (χ1v) is 17.2. The number of aromatic nitrogens is 1. The zero-order valence-electron chi connectivity index (χ0n) is 25.1. The molecule has 1 aliphatic rings. The average molecular weight is 707 g/mol. The van der Waals surface area contributed by atoms with Gasteiger partial charge in [0, 0.05) is 32.1 Å². The van der Waals surface area contributed by atoms with E-state index in [0.29, 0.717) is 21.6 Å². The van der Waals surface area contributed by atoms with Crippen LogP contribution in [0.2, 0.25) is 0 Å². The van der Waals surface area contributed by atoms with Crippen molar-refractivity contribution >= 4 is 52.0 Å². The molecule has 2 aromatic carbocycles. The lowest BCUT2D eigenvalue weighted by atomic mass is 9.93. The number of rotatable bonds is 10. The van der Waals surface area contributed by atoms with Crippen LogP contribution < -0.4 is 10.5 Å². The molecule has 7 nitrogen and oxygen atoms in total. The van der Waals surface area contributed by atoms with Gasteiger partial charge in [0.1, 0.15) is 0 Å². The molecule has 0 unspecified atom stereocenters. The number of aryl methyl sites for hydroxylation is 1. The number of hydrogen-bond donors (Lipinski definition) is 1. The quantitative estimate of drug-likeness (QED) is 0.168. The third-order valence-electron chi connectivity index (χ3n) is 6.95. The summed E-state index contributed by atoms with van der Waals surface area (Å²) in [6.07, 6.45) is 10.2. The summed E-state index contributed by atoms with van der Waals surface area (Å²) in [4.78, 5) is 18.1. The van der Waals surface area contributed by atoms with Gasteiger partial charge in [-0.05, 0) is 55.7 Å². The van der Waals surface area contributed by atoms with E-state index < -0.39 is 24.7 Å². The van der Waals surface area contributed by atoms with E-state index in [1.165, 1.54) is 43.4 Å². The van der Waals surface area contributed by atoms with Crippen LogP contribution in [0.1, 0.15) is 60.4 Å². The predicted octanol–water partition coefficient (Wildman–Crippen LogP) is 8.84. The summed E-state index contributed by atoms with van der Waals surface area (Å²) in [6, 6.07) is 9.32. The van der Waals surface area contributed by atoms with Crippen molar-refractivity contribution in [2.45, 2.75) is 46.8 Å². The van der Waals surface area contributed by atoms with E-state index >= 15 is 8.78 Å². The van der Waals surface area contributed by atoms with Gasteiger partial charge in [-0.2, -0.15) is 13.8 Å². The molecule has 0 atom stereocenters. The topological polar surface area (TPSA) is 95.9 Å². The maximum absolute atomic E-state index is 15.5. The molecule has 0 bridgehead atoms. The minimum absolute atomic E-state index is 0.0416. The van der Waals surface area contributed by atoms with Crippen molar-refractivity contribution in [3.8, 4) is 0 Å². The number of carbonyl (C=O) groups excluding carboxylic acids is 1. The second kappa shape index (κ2) is 13.6. The molecule has 4 rings (SSSR count). The van der Waals surface area contributed by atoms with E-state index in [1.807, 2.05) is 35.1 Å². The Kier molecular flexibility index (Phi) is 10.5. The molecule has 0 aliphatic heterocycles. The molecule has 1 aromatic heterocycles. The van der Waals surface area contributed by atoms with Gasteiger partial charge in [-0.25, -0.2) is 0 Å². The SMILES string of the molecule is CCOP(=O)(OCC)C(F)(F)c1ccc(Cn2c(C3=CC=CC(C)(C)C=C3)csc2=NC(=O)c2ccc(C)c(N)c2)cc1Br. The summed E-state index contributed by atoms with van der Waals surface area (Å²) < 4.78 is 56.0. The fourth-order valence-corrected chi connectivity index (χ4v) is 7.79. The van der Waals surface area contributed by atoms with Crippen LogP contribution in [0, 0.1) is 12.3 Å². The minimum atomic E-state index is -4.79. The number of nitrogens with zero attached hydrogens (tertiary/aromatic N) is 2.